The van der Waals surface area contributed by atoms with Crippen molar-refractivity contribution in [2.45, 2.75) is 20.0 Å². The van der Waals surface area contributed by atoms with Crippen molar-refractivity contribution in [2.75, 3.05) is 12.4 Å². The molecule has 4 nitrogen and oxygen atoms in total. The van der Waals surface area contributed by atoms with Crippen LogP contribution < -0.4 is 14.8 Å². The molecule has 0 aromatic heterocycles. The van der Waals surface area contributed by atoms with Crippen molar-refractivity contribution >= 4 is 23.2 Å². The predicted octanol–water partition coefficient (Wildman–Crippen LogP) is 4.39. The van der Waals surface area contributed by atoms with Crippen molar-refractivity contribution in [3.05, 3.63) is 53.1 Å². The van der Waals surface area contributed by atoms with Gasteiger partial charge < -0.3 is 14.8 Å². The molecule has 0 heterocycles. The van der Waals surface area contributed by atoms with E-state index in [0.717, 1.165) is 0 Å². The largest absolute Gasteiger partial charge is 0.493 e. The Kier molecular flexibility index (Phi) is 5.28. The second-order valence-electron chi connectivity index (χ2n) is 5.00. The summed E-state index contributed by atoms with van der Waals surface area (Å²) in [4.78, 5) is 12.3. The third-order valence-corrected chi connectivity index (χ3v) is 3.11. The van der Waals surface area contributed by atoms with Crippen molar-refractivity contribution < 1.29 is 14.3 Å². The highest BCUT2D eigenvalue weighted by Gasteiger charge is 2.12. The van der Waals surface area contributed by atoms with Crippen LogP contribution in [0.1, 0.15) is 24.2 Å². The normalized spacial score (nSPS) is 10.4. The molecule has 1 N–H and O–H groups in total. The van der Waals surface area contributed by atoms with E-state index in [1.807, 2.05) is 13.8 Å². The second-order valence-corrected chi connectivity index (χ2v) is 5.43. The molecule has 0 saturated carbocycles. The molecule has 0 atom stereocenters. The smallest absolute Gasteiger partial charge is 0.255 e. The summed E-state index contributed by atoms with van der Waals surface area (Å²) in [5.41, 5.74) is 1.12. The molecular weight excluding hydrogens is 302 g/mol. The van der Waals surface area contributed by atoms with Crippen molar-refractivity contribution in [3.8, 4) is 11.5 Å². The Morgan fingerprint density at radius 1 is 1.14 bits per heavy atom. The minimum atomic E-state index is -0.239. The molecule has 0 aliphatic carbocycles. The number of amides is 1. The summed E-state index contributed by atoms with van der Waals surface area (Å²) < 4.78 is 10.9. The molecule has 2 aromatic rings. The summed E-state index contributed by atoms with van der Waals surface area (Å²) in [6.07, 6.45) is 0.0278. The molecule has 0 unspecified atom stereocenters. The van der Waals surface area contributed by atoms with Gasteiger partial charge in [-0.3, -0.25) is 4.79 Å². The van der Waals surface area contributed by atoms with Crippen molar-refractivity contribution in [2.24, 2.45) is 0 Å². The number of rotatable bonds is 5. The molecule has 5 heteroatoms. The first-order valence-electron chi connectivity index (χ1n) is 6.91. The monoisotopic (exact) mass is 319 g/mol. The van der Waals surface area contributed by atoms with Crippen molar-refractivity contribution in [1.29, 1.82) is 0 Å². The van der Waals surface area contributed by atoms with E-state index in [-0.39, 0.29) is 12.0 Å². The van der Waals surface area contributed by atoms with Crippen LogP contribution in [0, 0.1) is 0 Å². The van der Waals surface area contributed by atoms with Crippen LogP contribution >= 0.6 is 11.6 Å². The van der Waals surface area contributed by atoms with E-state index in [9.17, 15) is 4.79 Å². The number of benzene rings is 2. The number of nitrogens with one attached hydrogen (secondary N) is 1. The average molecular weight is 320 g/mol. The summed E-state index contributed by atoms with van der Waals surface area (Å²) in [6, 6.07) is 12.1. The molecule has 0 bridgehead atoms. The molecule has 2 aromatic carbocycles. The van der Waals surface area contributed by atoms with E-state index in [1.54, 1.807) is 49.6 Å². The highest BCUT2D eigenvalue weighted by atomic mass is 35.5. The lowest BCUT2D eigenvalue weighted by molar-refractivity contribution is 0.102. The van der Waals surface area contributed by atoms with Crippen LogP contribution in [0.4, 0.5) is 5.69 Å². The van der Waals surface area contributed by atoms with E-state index in [0.29, 0.717) is 27.8 Å². The standard InChI is InChI=1S/C17H18ClNO3/c1-11(2)22-15-8-7-12(9-16(15)21-3)17(20)19-14-6-4-5-13(18)10-14/h4-11H,1-3H3,(H,19,20). The second kappa shape index (κ2) is 7.18. The number of halogens is 1. The molecule has 0 saturated heterocycles. The molecule has 2 rings (SSSR count). The Balaban J connectivity index is 2.19. The third-order valence-electron chi connectivity index (χ3n) is 2.87. The number of ether oxygens (including phenoxy) is 2. The van der Waals surface area contributed by atoms with Crippen LogP contribution in [0.5, 0.6) is 11.5 Å². The summed E-state index contributed by atoms with van der Waals surface area (Å²) in [6.45, 7) is 3.86. The topological polar surface area (TPSA) is 47.6 Å². The van der Waals surface area contributed by atoms with Crippen LogP contribution in [-0.4, -0.2) is 19.1 Å². The number of carbonyl (C=O) groups is 1. The van der Waals surface area contributed by atoms with Gasteiger partial charge in [0.25, 0.3) is 5.91 Å². The zero-order valence-electron chi connectivity index (χ0n) is 12.7. The highest BCUT2D eigenvalue weighted by molar-refractivity contribution is 6.30. The van der Waals surface area contributed by atoms with Gasteiger partial charge in [0.2, 0.25) is 0 Å². The van der Waals surface area contributed by atoms with Crippen molar-refractivity contribution in [1.82, 2.24) is 0 Å². The van der Waals surface area contributed by atoms with Gasteiger partial charge in [-0.25, -0.2) is 0 Å². The SMILES string of the molecule is COc1cc(C(=O)Nc2cccc(Cl)c2)ccc1OC(C)C. The minimum absolute atomic E-state index is 0.0278. The lowest BCUT2D eigenvalue weighted by atomic mass is 10.1. The number of hydrogen-bond donors (Lipinski definition) is 1. The molecule has 22 heavy (non-hydrogen) atoms. The number of methoxy groups -OCH3 is 1. The van der Waals surface area contributed by atoms with Crippen LogP contribution in [0.2, 0.25) is 5.02 Å². The highest BCUT2D eigenvalue weighted by Crippen LogP contribution is 2.29. The van der Waals surface area contributed by atoms with E-state index in [2.05, 4.69) is 5.32 Å². The Morgan fingerprint density at radius 2 is 1.91 bits per heavy atom. The summed E-state index contributed by atoms with van der Waals surface area (Å²) in [5, 5.41) is 3.36. The lowest BCUT2D eigenvalue weighted by Gasteiger charge is -2.14. The maximum atomic E-state index is 12.3. The zero-order valence-corrected chi connectivity index (χ0v) is 13.5. The van der Waals surface area contributed by atoms with Gasteiger partial charge in [0.15, 0.2) is 11.5 Å². The zero-order chi connectivity index (χ0) is 16.1. The molecule has 1 amide bonds. The average Bonchev–Trinajstić information content (AvgIpc) is 2.47. The molecular formula is C17H18ClNO3. The maximum absolute atomic E-state index is 12.3. The number of anilines is 1. The Hall–Kier alpha value is -2.20. The Labute approximate surface area is 135 Å². The first kappa shape index (κ1) is 16.2. The maximum Gasteiger partial charge on any atom is 0.255 e. The third kappa shape index (κ3) is 4.15. The first-order chi connectivity index (χ1) is 10.5. The van der Waals surface area contributed by atoms with Gasteiger partial charge in [0.05, 0.1) is 13.2 Å². The van der Waals surface area contributed by atoms with Gasteiger partial charge >= 0.3 is 0 Å². The van der Waals surface area contributed by atoms with E-state index < -0.39 is 0 Å². The molecule has 0 aliphatic heterocycles. The van der Waals surface area contributed by atoms with Gasteiger partial charge in [-0.05, 0) is 50.2 Å². The van der Waals surface area contributed by atoms with Gasteiger partial charge in [0.1, 0.15) is 0 Å². The van der Waals surface area contributed by atoms with E-state index >= 15 is 0 Å². The minimum Gasteiger partial charge on any atom is -0.493 e. The van der Waals surface area contributed by atoms with Gasteiger partial charge in [-0.15, -0.1) is 0 Å². The van der Waals surface area contributed by atoms with Crippen LogP contribution in [-0.2, 0) is 0 Å². The predicted molar refractivity (Wildman–Crippen MR) is 88.2 cm³/mol. The molecule has 0 radical (unpaired) electrons. The van der Waals surface area contributed by atoms with Gasteiger partial charge in [0, 0.05) is 16.3 Å². The summed E-state index contributed by atoms with van der Waals surface area (Å²) in [5.74, 6) is 0.890. The summed E-state index contributed by atoms with van der Waals surface area (Å²) in [7, 11) is 1.54. The number of carbonyl (C=O) groups excluding carboxylic acids is 1. The molecule has 0 spiro atoms. The lowest BCUT2D eigenvalue weighted by Crippen LogP contribution is -2.12. The fourth-order valence-electron chi connectivity index (χ4n) is 1.93. The Bertz CT molecular complexity index is 671. The van der Waals surface area contributed by atoms with Gasteiger partial charge in [-0.2, -0.15) is 0 Å². The van der Waals surface area contributed by atoms with Crippen LogP contribution in [0.25, 0.3) is 0 Å². The Morgan fingerprint density at radius 3 is 2.55 bits per heavy atom. The fraction of sp³-hybridized carbons (Fsp3) is 0.235. The van der Waals surface area contributed by atoms with Crippen LogP contribution in [0.15, 0.2) is 42.5 Å². The van der Waals surface area contributed by atoms with E-state index in [1.165, 1.54) is 0 Å². The van der Waals surface area contributed by atoms with E-state index in [4.69, 9.17) is 21.1 Å². The van der Waals surface area contributed by atoms with Gasteiger partial charge in [-0.1, -0.05) is 17.7 Å². The first-order valence-corrected chi connectivity index (χ1v) is 7.29. The summed E-state index contributed by atoms with van der Waals surface area (Å²) >= 11 is 5.90. The van der Waals surface area contributed by atoms with Crippen molar-refractivity contribution in [3.63, 3.8) is 0 Å². The quantitative estimate of drug-likeness (QED) is 0.889. The fourth-order valence-corrected chi connectivity index (χ4v) is 2.12. The number of hydrogen-bond acceptors (Lipinski definition) is 3. The molecule has 0 aliphatic rings. The molecule has 116 valence electrons. The molecule has 0 fully saturated rings. The van der Waals surface area contributed by atoms with Crippen LogP contribution in [0.3, 0.4) is 0 Å².